The van der Waals surface area contributed by atoms with Crippen molar-refractivity contribution in [2.45, 2.75) is 6.42 Å². The largest absolute Gasteiger partial charge is 0.477 e. The van der Waals surface area contributed by atoms with Gasteiger partial charge >= 0.3 is 0 Å². The zero-order valence-electron chi connectivity index (χ0n) is 9.27. The topological polar surface area (TPSA) is 48.1 Å². The lowest BCUT2D eigenvalue weighted by Gasteiger charge is -2.08. The fourth-order valence-corrected chi connectivity index (χ4v) is 1.87. The first kappa shape index (κ1) is 11.9. The quantitative estimate of drug-likeness (QED) is 0.881. The highest BCUT2D eigenvalue weighted by atomic mass is 79.9. The van der Waals surface area contributed by atoms with Gasteiger partial charge in [-0.2, -0.15) is 0 Å². The molecule has 0 bridgehead atoms. The van der Waals surface area contributed by atoms with Crippen LogP contribution in [0.3, 0.4) is 0 Å². The van der Waals surface area contributed by atoms with E-state index in [2.05, 4.69) is 20.9 Å². The Morgan fingerprint density at radius 1 is 1.18 bits per heavy atom. The Labute approximate surface area is 109 Å². The molecule has 0 unspecified atom stereocenters. The molecule has 0 amide bonds. The van der Waals surface area contributed by atoms with Crippen molar-refractivity contribution in [3.05, 3.63) is 52.6 Å². The van der Waals surface area contributed by atoms with E-state index in [0.29, 0.717) is 12.5 Å². The number of rotatable bonds is 4. The molecule has 0 atom stereocenters. The average molecular weight is 293 g/mol. The third-order valence-corrected chi connectivity index (χ3v) is 2.99. The van der Waals surface area contributed by atoms with Gasteiger partial charge in [0.25, 0.3) is 0 Å². The van der Waals surface area contributed by atoms with Crippen LogP contribution >= 0.6 is 15.9 Å². The number of para-hydroxylation sites is 1. The number of nitrogens with zero attached hydrogens (tertiary/aromatic N) is 1. The highest BCUT2D eigenvalue weighted by Gasteiger charge is 2.02. The molecule has 0 aliphatic rings. The summed E-state index contributed by atoms with van der Waals surface area (Å²) in [5, 5.41) is 0. The number of aromatic nitrogens is 1. The van der Waals surface area contributed by atoms with Gasteiger partial charge < -0.3 is 10.5 Å². The Morgan fingerprint density at radius 3 is 2.76 bits per heavy atom. The van der Waals surface area contributed by atoms with E-state index in [-0.39, 0.29) is 0 Å². The van der Waals surface area contributed by atoms with Crippen LogP contribution in [-0.4, -0.2) is 11.6 Å². The van der Waals surface area contributed by atoms with E-state index in [0.717, 1.165) is 22.1 Å². The monoisotopic (exact) mass is 292 g/mol. The highest BCUT2D eigenvalue weighted by Crippen LogP contribution is 2.21. The molecular weight excluding hydrogens is 280 g/mol. The van der Waals surface area contributed by atoms with Crippen LogP contribution < -0.4 is 10.5 Å². The lowest BCUT2D eigenvalue weighted by molar-refractivity contribution is 0.307. The molecule has 1 aromatic heterocycles. The van der Waals surface area contributed by atoms with Gasteiger partial charge in [0, 0.05) is 18.3 Å². The number of pyridine rings is 1. The molecule has 4 heteroatoms. The number of hydrogen-bond donors (Lipinski definition) is 1. The Morgan fingerprint density at radius 2 is 2.00 bits per heavy atom. The van der Waals surface area contributed by atoms with Gasteiger partial charge in [-0.05, 0) is 39.7 Å². The molecule has 0 spiro atoms. The zero-order chi connectivity index (χ0) is 12.1. The lowest BCUT2D eigenvalue weighted by atomic mass is 10.1. The van der Waals surface area contributed by atoms with E-state index in [1.807, 2.05) is 36.4 Å². The maximum atomic E-state index is 5.85. The number of halogens is 1. The maximum Gasteiger partial charge on any atom is 0.227 e. The van der Waals surface area contributed by atoms with Crippen molar-refractivity contribution in [2.24, 2.45) is 0 Å². The Hall–Kier alpha value is -1.55. The van der Waals surface area contributed by atoms with Crippen LogP contribution in [0.25, 0.3) is 0 Å². The van der Waals surface area contributed by atoms with Crippen molar-refractivity contribution < 1.29 is 4.74 Å². The van der Waals surface area contributed by atoms with E-state index < -0.39 is 0 Å². The summed E-state index contributed by atoms with van der Waals surface area (Å²) in [6, 6.07) is 11.6. The van der Waals surface area contributed by atoms with Crippen LogP contribution in [0, 0.1) is 0 Å². The summed E-state index contributed by atoms with van der Waals surface area (Å²) in [6.07, 6.45) is 2.48. The molecule has 0 saturated carbocycles. The second kappa shape index (κ2) is 5.68. The molecular formula is C13H13BrN2O. The molecule has 0 saturated heterocycles. The normalized spacial score (nSPS) is 10.2. The summed E-state index contributed by atoms with van der Waals surface area (Å²) in [7, 11) is 0. The fourth-order valence-electron chi connectivity index (χ4n) is 1.50. The fraction of sp³-hybridized carbons (Fsp3) is 0.154. The summed E-state index contributed by atoms with van der Waals surface area (Å²) < 4.78 is 6.44. The number of nitrogen functional groups attached to an aromatic ring is 1. The van der Waals surface area contributed by atoms with E-state index in [4.69, 9.17) is 10.5 Å². The first-order valence-corrected chi connectivity index (χ1v) is 6.13. The second-order valence-corrected chi connectivity index (χ2v) is 4.44. The molecule has 2 N–H and O–H groups in total. The SMILES string of the molecule is Nc1ccccc1CCOc1ncccc1Br. The minimum absolute atomic E-state index is 0.559. The first-order valence-electron chi connectivity index (χ1n) is 5.34. The van der Waals surface area contributed by atoms with Crippen molar-refractivity contribution in [1.29, 1.82) is 0 Å². The Kier molecular flexibility index (Phi) is 3.98. The van der Waals surface area contributed by atoms with E-state index in [1.54, 1.807) is 6.20 Å². The Balaban J connectivity index is 1.93. The molecule has 2 rings (SSSR count). The number of benzene rings is 1. The van der Waals surface area contributed by atoms with Crippen LogP contribution in [0.15, 0.2) is 47.1 Å². The van der Waals surface area contributed by atoms with Gasteiger partial charge in [0.15, 0.2) is 0 Å². The van der Waals surface area contributed by atoms with Gasteiger partial charge in [0.2, 0.25) is 5.88 Å². The number of nitrogens with two attached hydrogens (primary N) is 1. The minimum Gasteiger partial charge on any atom is -0.477 e. The number of anilines is 1. The van der Waals surface area contributed by atoms with E-state index >= 15 is 0 Å². The second-order valence-electron chi connectivity index (χ2n) is 3.59. The van der Waals surface area contributed by atoms with E-state index in [1.165, 1.54) is 0 Å². The summed E-state index contributed by atoms with van der Waals surface area (Å²) in [6.45, 7) is 0.559. The molecule has 2 aromatic rings. The van der Waals surface area contributed by atoms with Crippen molar-refractivity contribution in [3.63, 3.8) is 0 Å². The molecule has 17 heavy (non-hydrogen) atoms. The van der Waals surface area contributed by atoms with Crippen molar-refractivity contribution in [1.82, 2.24) is 4.98 Å². The lowest BCUT2D eigenvalue weighted by Crippen LogP contribution is -2.04. The standard InChI is InChI=1S/C13H13BrN2O/c14-11-5-3-8-16-13(11)17-9-7-10-4-1-2-6-12(10)15/h1-6,8H,7,9,15H2. The molecule has 1 heterocycles. The summed E-state index contributed by atoms with van der Waals surface area (Å²) in [5.41, 5.74) is 7.75. The van der Waals surface area contributed by atoms with Crippen molar-refractivity contribution in [3.8, 4) is 5.88 Å². The third-order valence-electron chi connectivity index (χ3n) is 2.39. The van der Waals surface area contributed by atoms with Gasteiger partial charge in [-0.1, -0.05) is 18.2 Å². The molecule has 0 radical (unpaired) electrons. The number of hydrogen-bond acceptors (Lipinski definition) is 3. The molecule has 0 aliphatic heterocycles. The molecule has 3 nitrogen and oxygen atoms in total. The average Bonchev–Trinajstić information content (AvgIpc) is 2.34. The van der Waals surface area contributed by atoms with Gasteiger partial charge in [-0.25, -0.2) is 4.98 Å². The predicted octanol–water partition coefficient (Wildman–Crippen LogP) is 3.05. The van der Waals surface area contributed by atoms with Gasteiger partial charge in [-0.15, -0.1) is 0 Å². The molecule has 88 valence electrons. The summed E-state index contributed by atoms with van der Waals surface area (Å²) in [5.74, 6) is 0.613. The van der Waals surface area contributed by atoms with Crippen LogP contribution in [0.1, 0.15) is 5.56 Å². The van der Waals surface area contributed by atoms with E-state index in [9.17, 15) is 0 Å². The smallest absolute Gasteiger partial charge is 0.227 e. The Bertz CT molecular complexity index is 457. The summed E-state index contributed by atoms with van der Waals surface area (Å²) >= 11 is 3.38. The highest BCUT2D eigenvalue weighted by molar-refractivity contribution is 9.10. The van der Waals surface area contributed by atoms with Gasteiger partial charge in [-0.3, -0.25) is 0 Å². The third kappa shape index (κ3) is 3.20. The summed E-state index contributed by atoms with van der Waals surface area (Å²) in [4.78, 5) is 4.13. The van der Waals surface area contributed by atoms with Crippen LogP contribution in [0.2, 0.25) is 0 Å². The molecule has 1 aromatic carbocycles. The van der Waals surface area contributed by atoms with Crippen LogP contribution in [0.5, 0.6) is 5.88 Å². The molecule has 0 fully saturated rings. The van der Waals surface area contributed by atoms with Gasteiger partial charge in [0.1, 0.15) is 0 Å². The molecule has 0 aliphatic carbocycles. The van der Waals surface area contributed by atoms with Gasteiger partial charge in [0.05, 0.1) is 11.1 Å². The van der Waals surface area contributed by atoms with Crippen molar-refractivity contribution in [2.75, 3.05) is 12.3 Å². The number of ether oxygens (including phenoxy) is 1. The van der Waals surface area contributed by atoms with Crippen LogP contribution in [-0.2, 0) is 6.42 Å². The van der Waals surface area contributed by atoms with Crippen molar-refractivity contribution >= 4 is 21.6 Å². The zero-order valence-corrected chi connectivity index (χ0v) is 10.9. The maximum absolute atomic E-state index is 5.85. The minimum atomic E-state index is 0.559. The predicted molar refractivity (Wildman–Crippen MR) is 72.0 cm³/mol. The van der Waals surface area contributed by atoms with Crippen LogP contribution in [0.4, 0.5) is 5.69 Å². The first-order chi connectivity index (χ1) is 8.27.